The number of nitrogens with one attached hydrogen (secondary N) is 2. The number of anilines is 2. The van der Waals surface area contributed by atoms with Gasteiger partial charge in [0.25, 0.3) is 5.91 Å². The zero-order valence-electron chi connectivity index (χ0n) is 21.2. The van der Waals surface area contributed by atoms with E-state index in [1.54, 1.807) is 4.72 Å². The molecule has 38 heavy (non-hydrogen) atoms. The van der Waals surface area contributed by atoms with Crippen LogP contribution in [0.2, 0.25) is 0 Å². The van der Waals surface area contributed by atoms with Gasteiger partial charge in [-0.3, -0.25) is 4.79 Å². The van der Waals surface area contributed by atoms with E-state index in [1.807, 2.05) is 4.57 Å². The minimum atomic E-state index is -4.82. The van der Waals surface area contributed by atoms with Crippen molar-refractivity contribution in [3.05, 3.63) is 47.8 Å². The molecule has 1 aliphatic rings. The van der Waals surface area contributed by atoms with E-state index >= 15 is 4.39 Å². The number of carbonyl (C=O) groups is 1. The number of aromatic nitrogens is 2. The van der Waals surface area contributed by atoms with Crippen LogP contribution in [0, 0.1) is 17.2 Å². The van der Waals surface area contributed by atoms with Crippen molar-refractivity contribution in [1.82, 2.24) is 14.3 Å². The number of hydrogen-bond donors (Lipinski definition) is 2. The average Bonchev–Trinajstić information content (AvgIpc) is 3.07. The van der Waals surface area contributed by atoms with E-state index in [0.717, 1.165) is 43.7 Å². The maximum absolute atomic E-state index is 15.1. The van der Waals surface area contributed by atoms with Crippen molar-refractivity contribution in [2.45, 2.75) is 52.4 Å². The Morgan fingerprint density at radius 2 is 1.82 bits per heavy atom. The summed E-state index contributed by atoms with van der Waals surface area (Å²) in [4.78, 5) is 17.0. The smallest absolute Gasteiger partial charge is 0.406 e. The van der Waals surface area contributed by atoms with Crippen LogP contribution in [-0.2, 0) is 10.0 Å². The number of ether oxygens (including phenoxy) is 1. The molecule has 1 fully saturated rings. The van der Waals surface area contributed by atoms with Gasteiger partial charge >= 0.3 is 6.36 Å². The topological polar surface area (TPSA) is 102 Å². The first-order chi connectivity index (χ1) is 17.5. The Hall–Kier alpha value is -3.35. The maximum Gasteiger partial charge on any atom is 0.573 e. The number of rotatable bonds is 6. The molecule has 0 aliphatic heterocycles. The first-order valence-corrected chi connectivity index (χ1v) is 13.8. The van der Waals surface area contributed by atoms with Gasteiger partial charge < -0.3 is 14.6 Å². The molecule has 2 aromatic carbocycles. The summed E-state index contributed by atoms with van der Waals surface area (Å²) in [7, 11) is -3.92. The monoisotopic (exact) mass is 556 g/mol. The van der Waals surface area contributed by atoms with Crippen LogP contribution in [0.1, 0.15) is 56.4 Å². The molecule has 1 saturated carbocycles. The Kier molecular flexibility index (Phi) is 7.10. The fraction of sp³-hybridized carbons (Fsp3) is 0.440. The lowest BCUT2D eigenvalue weighted by molar-refractivity contribution is -0.274. The molecule has 1 aliphatic carbocycles. The summed E-state index contributed by atoms with van der Waals surface area (Å²) in [6, 6.07) is 7.34. The molecule has 2 N–H and O–H groups in total. The number of fused-ring (bicyclic) bond motifs is 1. The summed E-state index contributed by atoms with van der Waals surface area (Å²) in [6.45, 7) is 6.43. The fourth-order valence-corrected chi connectivity index (χ4v) is 5.78. The highest BCUT2D eigenvalue weighted by atomic mass is 32.2. The van der Waals surface area contributed by atoms with Crippen molar-refractivity contribution in [1.29, 1.82) is 0 Å². The van der Waals surface area contributed by atoms with Gasteiger partial charge in [-0.15, -0.1) is 13.2 Å². The summed E-state index contributed by atoms with van der Waals surface area (Å²) in [5.74, 6) is -1.76. The summed E-state index contributed by atoms with van der Waals surface area (Å²) < 4.78 is 83.2. The molecule has 1 amide bonds. The molecule has 3 aromatic rings. The lowest BCUT2D eigenvalue weighted by Gasteiger charge is -2.40. The van der Waals surface area contributed by atoms with Gasteiger partial charge in [-0.2, -0.15) is 0 Å². The number of benzene rings is 2. The van der Waals surface area contributed by atoms with Gasteiger partial charge in [0, 0.05) is 17.8 Å². The van der Waals surface area contributed by atoms with E-state index < -0.39 is 33.7 Å². The van der Waals surface area contributed by atoms with Gasteiger partial charge in [0.15, 0.2) is 0 Å². The van der Waals surface area contributed by atoms with Gasteiger partial charge in [-0.05, 0) is 60.9 Å². The molecule has 0 spiro atoms. The molecule has 2 atom stereocenters. The average molecular weight is 557 g/mol. The van der Waals surface area contributed by atoms with Gasteiger partial charge in [-0.1, -0.05) is 20.8 Å². The highest BCUT2D eigenvalue weighted by Gasteiger charge is 2.35. The predicted molar refractivity (Wildman–Crippen MR) is 134 cm³/mol. The van der Waals surface area contributed by atoms with E-state index in [0.29, 0.717) is 23.1 Å². The molecule has 4 rings (SSSR count). The van der Waals surface area contributed by atoms with Crippen molar-refractivity contribution >= 4 is 38.6 Å². The number of amides is 1. The normalized spacial score (nSPS) is 19.8. The van der Waals surface area contributed by atoms with Gasteiger partial charge in [-0.25, -0.2) is 22.5 Å². The first-order valence-electron chi connectivity index (χ1n) is 11.9. The SMILES string of the molecule is C[C@@H]1C[C@H](n2c(Nc3ccc(OC(F)(F)F)cc3)nc3cc(C(=O)NS(C)(=O)=O)c(F)cc32)CC(C)(C)C1. The Balaban J connectivity index is 1.78. The highest BCUT2D eigenvalue weighted by molar-refractivity contribution is 7.89. The number of nitrogens with zero attached hydrogens (tertiary/aromatic N) is 2. The van der Waals surface area contributed by atoms with Crippen LogP contribution < -0.4 is 14.8 Å². The molecule has 8 nitrogen and oxygen atoms in total. The van der Waals surface area contributed by atoms with E-state index in [-0.39, 0.29) is 22.7 Å². The fourth-order valence-electron chi connectivity index (χ4n) is 5.33. The molecule has 0 radical (unpaired) electrons. The minimum absolute atomic E-state index is 0.0133. The molecule has 0 bridgehead atoms. The van der Waals surface area contributed by atoms with Crippen LogP contribution in [0.15, 0.2) is 36.4 Å². The molecule has 1 aromatic heterocycles. The van der Waals surface area contributed by atoms with Crippen molar-refractivity contribution < 1.29 is 35.5 Å². The lowest BCUT2D eigenvalue weighted by atomic mass is 9.70. The third-order valence-electron chi connectivity index (χ3n) is 6.37. The van der Waals surface area contributed by atoms with Crippen LogP contribution >= 0.6 is 0 Å². The highest BCUT2D eigenvalue weighted by Crippen LogP contribution is 2.46. The number of hydrogen-bond acceptors (Lipinski definition) is 6. The Morgan fingerprint density at radius 3 is 2.39 bits per heavy atom. The zero-order valence-corrected chi connectivity index (χ0v) is 22.0. The van der Waals surface area contributed by atoms with E-state index in [4.69, 9.17) is 0 Å². The van der Waals surface area contributed by atoms with Crippen LogP contribution in [0.4, 0.5) is 29.2 Å². The van der Waals surface area contributed by atoms with Crippen LogP contribution in [0.25, 0.3) is 11.0 Å². The summed E-state index contributed by atoms with van der Waals surface area (Å²) in [6.07, 6.45) is -1.49. The second-order valence-corrected chi connectivity index (χ2v) is 12.3. The van der Waals surface area contributed by atoms with Crippen LogP contribution in [0.3, 0.4) is 0 Å². The van der Waals surface area contributed by atoms with Gasteiger partial charge in [0.2, 0.25) is 16.0 Å². The molecule has 1 heterocycles. The predicted octanol–water partition coefficient (Wildman–Crippen LogP) is 5.89. The van der Waals surface area contributed by atoms with Crippen molar-refractivity contribution in [2.24, 2.45) is 11.3 Å². The van der Waals surface area contributed by atoms with Crippen molar-refractivity contribution in [3.8, 4) is 5.75 Å². The summed E-state index contributed by atoms with van der Waals surface area (Å²) >= 11 is 0. The second kappa shape index (κ2) is 9.75. The van der Waals surface area contributed by atoms with E-state index in [2.05, 4.69) is 35.8 Å². The van der Waals surface area contributed by atoms with Gasteiger partial charge in [0.05, 0.1) is 22.9 Å². The third kappa shape index (κ3) is 6.55. The summed E-state index contributed by atoms with van der Waals surface area (Å²) in [5, 5.41) is 3.09. The molecule has 0 unspecified atom stereocenters. The largest absolute Gasteiger partial charge is 0.573 e. The van der Waals surface area contributed by atoms with Crippen LogP contribution in [0.5, 0.6) is 5.75 Å². The Bertz CT molecular complexity index is 1470. The van der Waals surface area contributed by atoms with E-state index in [9.17, 15) is 26.4 Å². The number of sulfonamides is 1. The molecular formula is C25H28F4N4O4S. The number of halogens is 4. The van der Waals surface area contributed by atoms with Gasteiger partial charge in [0.1, 0.15) is 11.6 Å². The van der Waals surface area contributed by atoms with Crippen molar-refractivity contribution in [3.63, 3.8) is 0 Å². The van der Waals surface area contributed by atoms with Crippen molar-refractivity contribution in [2.75, 3.05) is 11.6 Å². The van der Waals surface area contributed by atoms with E-state index in [1.165, 1.54) is 18.2 Å². The second-order valence-electron chi connectivity index (χ2n) is 10.6. The molecule has 0 saturated heterocycles. The third-order valence-corrected chi connectivity index (χ3v) is 6.93. The molecule has 13 heteroatoms. The maximum atomic E-state index is 15.1. The Morgan fingerprint density at radius 1 is 1.16 bits per heavy atom. The number of alkyl halides is 3. The molecular weight excluding hydrogens is 528 g/mol. The standard InChI is InChI=1S/C25H28F4N4O4S/c1-14-9-16(13-24(2,3)12-14)33-21-11-19(26)18(22(34)32-38(4,35)36)10-20(21)31-23(33)30-15-5-7-17(8-6-15)37-25(27,28)29/h5-8,10-11,14,16H,9,12-13H2,1-4H3,(H,30,31)(H,32,34)/t14-,16+/m1/s1. The Labute approximate surface area is 217 Å². The molecule has 206 valence electrons. The number of imidazole rings is 1. The zero-order chi connectivity index (χ0) is 28.0. The lowest BCUT2D eigenvalue weighted by Crippen LogP contribution is -2.30. The van der Waals surface area contributed by atoms with Crippen LogP contribution in [-0.4, -0.2) is 36.5 Å². The summed E-state index contributed by atoms with van der Waals surface area (Å²) in [5.41, 5.74) is 0.564. The quantitative estimate of drug-likeness (QED) is 0.367. The first kappa shape index (κ1) is 27.7. The number of carbonyl (C=O) groups excluding carboxylic acids is 1. The minimum Gasteiger partial charge on any atom is -0.406 e.